The van der Waals surface area contributed by atoms with Gasteiger partial charge in [0.15, 0.2) is 0 Å². The molecule has 1 aromatic rings. The van der Waals surface area contributed by atoms with Crippen LogP contribution >= 0.6 is 0 Å². The minimum Gasteiger partial charge on any atom is -0.388 e. The van der Waals surface area contributed by atoms with Crippen molar-refractivity contribution in [1.29, 1.82) is 0 Å². The molecule has 94 valence electrons. The van der Waals surface area contributed by atoms with E-state index in [4.69, 9.17) is 0 Å². The molecule has 3 aliphatic rings. The molecular weight excluding hydrogens is 220 g/mol. The lowest BCUT2D eigenvalue weighted by molar-refractivity contribution is 0.164. The van der Waals surface area contributed by atoms with Crippen molar-refractivity contribution in [3.05, 3.63) is 41.5 Å². The highest BCUT2D eigenvalue weighted by atomic mass is 16.3. The van der Waals surface area contributed by atoms with Gasteiger partial charge in [-0.2, -0.15) is 0 Å². The largest absolute Gasteiger partial charge is 0.388 e. The highest BCUT2D eigenvalue weighted by Gasteiger charge is 2.55. The molecule has 1 spiro atoms. The topological polar surface area (TPSA) is 20.2 Å². The zero-order chi connectivity index (χ0) is 12.2. The molecule has 0 aliphatic heterocycles. The van der Waals surface area contributed by atoms with E-state index >= 15 is 0 Å². The van der Waals surface area contributed by atoms with Gasteiger partial charge in [0, 0.05) is 0 Å². The summed E-state index contributed by atoms with van der Waals surface area (Å²) in [5, 5.41) is 10.5. The van der Waals surface area contributed by atoms with Gasteiger partial charge in [0.05, 0.1) is 6.10 Å². The maximum absolute atomic E-state index is 10.5. The number of hydrogen-bond donors (Lipinski definition) is 1. The molecule has 0 radical (unpaired) electrons. The summed E-state index contributed by atoms with van der Waals surface area (Å²) in [6.07, 6.45) is 7.44. The molecule has 1 aromatic carbocycles. The molecule has 4 rings (SSSR count). The van der Waals surface area contributed by atoms with Gasteiger partial charge >= 0.3 is 0 Å². The number of allylic oxidation sites excluding steroid dienone is 1. The lowest BCUT2D eigenvalue weighted by atomic mass is 9.77. The van der Waals surface area contributed by atoms with Crippen LogP contribution in [0.5, 0.6) is 0 Å². The standard InChI is InChI=1S/C17H20O/c18-15-11-17-10-4-7-13(17)8-9-14(17)16(15)12-5-2-1-3-6-12/h1-3,5-6,13,15,18H,4,7-11H2/t13-,15-,17+/m1/s1. The Bertz CT molecular complexity index is 502. The summed E-state index contributed by atoms with van der Waals surface area (Å²) >= 11 is 0. The zero-order valence-corrected chi connectivity index (χ0v) is 10.7. The fourth-order valence-electron chi connectivity index (χ4n) is 4.96. The summed E-state index contributed by atoms with van der Waals surface area (Å²) in [5.41, 5.74) is 4.54. The molecule has 1 heteroatoms. The number of hydrogen-bond acceptors (Lipinski definition) is 1. The Morgan fingerprint density at radius 1 is 1.11 bits per heavy atom. The van der Waals surface area contributed by atoms with E-state index in [2.05, 4.69) is 30.3 Å². The predicted octanol–water partition coefficient (Wildman–Crippen LogP) is 3.79. The molecule has 0 unspecified atom stereocenters. The lowest BCUT2D eigenvalue weighted by Gasteiger charge is -2.27. The van der Waals surface area contributed by atoms with Crippen LogP contribution in [0.3, 0.4) is 0 Å². The van der Waals surface area contributed by atoms with E-state index in [1.807, 2.05) is 0 Å². The summed E-state index contributed by atoms with van der Waals surface area (Å²) in [7, 11) is 0. The van der Waals surface area contributed by atoms with E-state index < -0.39 is 0 Å². The highest BCUT2D eigenvalue weighted by Crippen LogP contribution is 2.65. The Morgan fingerprint density at radius 2 is 1.94 bits per heavy atom. The van der Waals surface area contributed by atoms with Gasteiger partial charge < -0.3 is 5.11 Å². The van der Waals surface area contributed by atoms with E-state index in [0.29, 0.717) is 5.41 Å². The number of benzene rings is 1. The van der Waals surface area contributed by atoms with Crippen molar-refractivity contribution in [2.75, 3.05) is 0 Å². The van der Waals surface area contributed by atoms with Gasteiger partial charge in [0.2, 0.25) is 0 Å². The molecule has 2 fully saturated rings. The van der Waals surface area contributed by atoms with Gasteiger partial charge in [-0.25, -0.2) is 0 Å². The summed E-state index contributed by atoms with van der Waals surface area (Å²) in [6.45, 7) is 0. The minimum atomic E-state index is -0.219. The highest BCUT2D eigenvalue weighted by molar-refractivity contribution is 5.76. The van der Waals surface area contributed by atoms with Crippen LogP contribution < -0.4 is 0 Å². The number of aliphatic hydroxyl groups is 1. The molecular formula is C17H20O. The van der Waals surface area contributed by atoms with Crippen molar-refractivity contribution in [2.45, 2.75) is 44.6 Å². The maximum Gasteiger partial charge on any atom is 0.0804 e. The molecule has 3 aliphatic carbocycles. The third-order valence-electron chi connectivity index (χ3n) is 5.60. The van der Waals surface area contributed by atoms with Gasteiger partial charge in [0.1, 0.15) is 0 Å². The summed E-state index contributed by atoms with van der Waals surface area (Å²) < 4.78 is 0. The first-order valence-electron chi connectivity index (χ1n) is 7.28. The Labute approximate surface area is 109 Å². The van der Waals surface area contributed by atoms with Gasteiger partial charge in [-0.05, 0) is 54.6 Å². The molecule has 18 heavy (non-hydrogen) atoms. The van der Waals surface area contributed by atoms with Gasteiger partial charge in [-0.1, -0.05) is 42.3 Å². The summed E-state index contributed by atoms with van der Waals surface area (Å²) in [4.78, 5) is 0. The lowest BCUT2D eigenvalue weighted by Crippen LogP contribution is -2.21. The first kappa shape index (κ1) is 10.8. The predicted molar refractivity (Wildman–Crippen MR) is 73.0 cm³/mol. The van der Waals surface area contributed by atoms with Crippen LogP contribution in [0.4, 0.5) is 0 Å². The smallest absolute Gasteiger partial charge is 0.0804 e. The second-order valence-electron chi connectivity index (χ2n) is 6.26. The number of aliphatic hydroxyl groups excluding tert-OH is 1. The zero-order valence-electron chi connectivity index (χ0n) is 10.7. The summed E-state index contributed by atoms with van der Waals surface area (Å²) in [5.74, 6) is 0.864. The van der Waals surface area contributed by atoms with Crippen LogP contribution in [-0.2, 0) is 0 Å². The fourth-order valence-corrected chi connectivity index (χ4v) is 4.96. The Hall–Kier alpha value is -1.08. The second-order valence-corrected chi connectivity index (χ2v) is 6.26. The fraction of sp³-hybridized carbons (Fsp3) is 0.529. The van der Waals surface area contributed by atoms with Crippen LogP contribution in [0, 0.1) is 11.3 Å². The number of rotatable bonds is 1. The van der Waals surface area contributed by atoms with E-state index in [1.54, 1.807) is 5.57 Å². The van der Waals surface area contributed by atoms with Gasteiger partial charge in [-0.3, -0.25) is 0 Å². The van der Waals surface area contributed by atoms with Crippen LogP contribution in [-0.4, -0.2) is 11.2 Å². The van der Waals surface area contributed by atoms with E-state index in [9.17, 15) is 5.11 Å². The molecule has 0 bridgehead atoms. The van der Waals surface area contributed by atoms with Crippen molar-refractivity contribution >= 4 is 5.57 Å². The van der Waals surface area contributed by atoms with Crippen molar-refractivity contribution in [3.63, 3.8) is 0 Å². The first-order chi connectivity index (χ1) is 8.81. The van der Waals surface area contributed by atoms with Crippen molar-refractivity contribution in [2.24, 2.45) is 11.3 Å². The van der Waals surface area contributed by atoms with Crippen LogP contribution in [0.25, 0.3) is 5.57 Å². The molecule has 0 heterocycles. The van der Waals surface area contributed by atoms with Crippen molar-refractivity contribution in [3.8, 4) is 0 Å². The third-order valence-corrected chi connectivity index (χ3v) is 5.60. The van der Waals surface area contributed by atoms with Crippen LogP contribution in [0.2, 0.25) is 0 Å². The monoisotopic (exact) mass is 240 g/mol. The van der Waals surface area contributed by atoms with Crippen molar-refractivity contribution < 1.29 is 5.11 Å². The maximum atomic E-state index is 10.5. The Kier molecular flexibility index (Phi) is 2.23. The third kappa shape index (κ3) is 1.26. The Balaban J connectivity index is 1.87. The molecule has 1 N–H and O–H groups in total. The second kappa shape index (κ2) is 3.71. The van der Waals surface area contributed by atoms with Crippen molar-refractivity contribution in [1.82, 2.24) is 0 Å². The molecule has 0 aromatic heterocycles. The quantitative estimate of drug-likeness (QED) is 0.792. The minimum absolute atomic E-state index is 0.219. The van der Waals surface area contributed by atoms with E-state index in [-0.39, 0.29) is 6.10 Å². The van der Waals surface area contributed by atoms with Crippen LogP contribution in [0.1, 0.15) is 44.1 Å². The first-order valence-corrected chi connectivity index (χ1v) is 7.28. The van der Waals surface area contributed by atoms with E-state index in [1.165, 1.54) is 43.2 Å². The molecule has 0 amide bonds. The molecule has 2 saturated carbocycles. The molecule has 3 atom stereocenters. The average molecular weight is 240 g/mol. The van der Waals surface area contributed by atoms with E-state index in [0.717, 1.165) is 12.3 Å². The SMILES string of the molecule is O[C@@H]1C[C@@]23CCC[C@@H]2CCC3=C1c1ccccc1. The summed E-state index contributed by atoms with van der Waals surface area (Å²) in [6, 6.07) is 10.5. The molecule has 0 saturated heterocycles. The molecule has 1 nitrogen and oxygen atoms in total. The normalized spacial score (nSPS) is 38.1. The van der Waals surface area contributed by atoms with Gasteiger partial charge in [-0.15, -0.1) is 0 Å². The Morgan fingerprint density at radius 3 is 2.78 bits per heavy atom. The van der Waals surface area contributed by atoms with Gasteiger partial charge in [0.25, 0.3) is 0 Å². The van der Waals surface area contributed by atoms with Crippen LogP contribution in [0.15, 0.2) is 35.9 Å². The average Bonchev–Trinajstić information content (AvgIpc) is 2.98.